The van der Waals surface area contributed by atoms with E-state index in [1.165, 1.54) is 7.11 Å². The van der Waals surface area contributed by atoms with E-state index in [0.29, 0.717) is 22.0 Å². The van der Waals surface area contributed by atoms with Gasteiger partial charge in [0.1, 0.15) is 0 Å². The number of pyridine rings is 1. The highest BCUT2D eigenvalue weighted by Gasteiger charge is 2.16. The molecule has 0 aliphatic rings. The number of hydrogen-bond donors (Lipinski definition) is 1. The smallest absolute Gasteiger partial charge is 0.340 e. The highest BCUT2D eigenvalue weighted by Crippen LogP contribution is 2.32. The van der Waals surface area contributed by atoms with Crippen molar-refractivity contribution in [3.63, 3.8) is 0 Å². The summed E-state index contributed by atoms with van der Waals surface area (Å²) in [4.78, 5) is 16.1. The van der Waals surface area contributed by atoms with E-state index < -0.39 is 5.97 Å². The van der Waals surface area contributed by atoms with Crippen LogP contribution in [0.2, 0.25) is 5.02 Å². The van der Waals surface area contributed by atoms with Crippen molar-refractivity contribution in [1.29, 1.82) is 0 Å². The number of rotatable bonds is 3. The number of ether oxygens (including phenoxy) is 1. The summed E-state index contributed by atoms with van der Waals surface area (Å²) in [7, 11) is 1.35. The summed E-state index contributed by atoms with van der Waals surface area (Å²) in [5.74, 6) is -0.431. The number of aromatic nitrogens is 2. The number of benzene rings is 1. The SMILES string of the molecule is COC(=O)c1ccn2cncc2c1Nc1ccc(Br)cc1Cl. The molecule has 7 heteroatoms. The Morgan fingerprint density at radius 2 is 2.23 bits per heavy atom. The molecule has 112 valence electrons. The molecule has 3 aromatic rings. The molecule has 3 rings (SSSR count). The number of halogens is 2. The highest BCUT2D eigenvalue weighted by molar-refractivity contribution is 9.10. The largest absolute Gasteiger partial charge is 0.465 e. The van der Waals surface area contributed by atoms with Crippen LogP contribution in [0.3, 0.4) is 0 Å². The van der Waals surface area contributed by atoms with Gasteiger partial charge in [-0.2, -0.15) is 0 Å². The first kappa shape index (κ1) is 14.9. The summed E-state index contributed by atoms with van der Waals surface area (Å²) >= 11 is 9.60. The maximum absolute atomic E-state index is 12.0. The van der Waals surface area contributed by atoms with Crippen molar-refractivity contribution >= 4 is 50.4 Å². The summed E-state index contributed by atoms with van der Waals surface area (Å²) in [6.07, 6.45) is 5.08. The first-order valence-corrected chi connectivity index (χ1v) is 7.52. The number of nitrogens with one attached hydrogen (secondary N) is 1. The number of carbonyl (C=O) groups excluding carboxylic acids is 1. The lowest BCUT2D eigenvalue weighted by Crippen LogP contribution is -2.07. The first-order chi connectivity index (χ1) is 10.6. The van der Waals surface area contributed by atoms with Crippen LogP contribution >= 0.6 is 27.5 Å². The Morgan fingerprint density at radius 1 is 1.41 bits per heavy atom. The third-order valence-corrected chi connectivity index (χ3v) is 4.00. The van der Waals surface area contributed by atoms with Crippen LogP contribution in [0, 0.1) is 0 Å². The van der Waals surface area contributed by atoms with Gasteiger partial charge in [0.2, 0.25) is 0 Å². The van der Waals surface area contributed by atoms with Crippen LogP contribution in [0.1, 0.15) is 10.4 Å². The number of imidazole rings is 1. The first-order valence-electron chi connectivity index (χ1n) is 6.35. The molecule has 1 N–H and O–H groups in total. The van der Waals surface area contributed by atoms with Crippen LogP contribution in [-0.2, 0) is 4.74 Å². The fraction of sp³-hybridized carbons (Fsp3) is 0.0667. The van der Waals surface area contributed by atoms with Gasteiger partial charge >= 0.3 is 5.97 Å². The van der Waals surface area contributed by atoms with Gasteiger partial charge in [0.05, 0.1) is 47.1 Å². The van der Waals surface area contributed by atoms with E-state index in [9.17, 15) is 4.79 Å². The van der Waals surface area contributed by atoms with Crippen molar-refractivity contribution in [2.45, 2.75) is 0 Å². The molecule has 2 aromatic heterocycles. The summed E-state index contributed by atoms with van der Waals surface area (Å²) in [5.41, 5.74) is 2.44. The fourth-order valence-corrected chi connectivity index (χ4v) is 2.85. The van der Waals surface area contributed by atoms with Crippen LogP contribution < -0.4 is 5.32 Å². The van der Waals surface area contributed by atoms with E-state index in [0.717, 1.165) is 9.99 Å². The second-order valence-electron chi connectivity index (χ2n) is 4.53. The molecule has 0 saturated heterocycles. The summed E-state index contributed by atoms with van der Waals surface area (Å²) < 4.78 is 7.52. The van der Waals surface area contributed by atoms with Crippen molar-refractivity contribution in [1.82, 2.24) is 9.38 Å². The van der Waals surface area contributed by atoms with Gasteiger partial charge in [-0.1, -0.05) is 27.5 Å². The van der Waals surface area contributed by atoms with Gasteiger partial charge in [-0.05, 0) is 24.3 Å². The lowest BCUT2D eigenvalue weighted by molar-refractivity contribution is 0.0602. The van der Waals surface area contributed by atoms with Crippen LogP contribution in [0.15, 0.2) is 47.5 Å². The molecule has 0 aliphatic carbocycles. The van der Waals surface area contributed by atoms with Crippen molar-refractivity contribution in [2.75, 3.05) is 12.4 Å². The number of fused-ring (bicyclic) bond motifs is 1. The van der Waals surface area contributed by atoms with Crippen LogP contribution in [0.25, 0.3) is 5.52 Å². The number of carbonyl (C=O) groups is 1. The lowest BCUT2D eigenvalue weighted by Gasteiger charge is -2.14. The minimum atomic E-state index is -0.431. The van der Waals surface area contributed by atoms with Crippen molar-refractivity contribution in [2.24, 2.45) is 0 Å². The minimum Gasteiger partial charge on any atom is -0.465 e. The average molecular weight is 381 g/mol. The Hall–Kier alpha value is -2.05. The number of nitrogens with zero attached hydrogens (tertiary/aromatic N) is 2. The van der Waals surface area contributed by atoms with E-state index in [1.54, 1.807) is 30.9 Å². The van der Waals surface area contributed by atoms with E-state index in [-0.39, 0.29) is 0 Å². The fourth-order valence-electron chi connectivity index (χ4n) is 2.13. The highest BCUT2D eigenvalue weighted by atomic mass is 79.9. The zero-order valence-corrected chi connectivity index (χ0v) is 13.9. The van der Waals surface area contributed by atoms with E-state index >= 15 is 0 Å². The molecule has 0 aliphatic heterocycles. The predicted molar refractivity (Wildman–Crippen MR) is 89.0 cm³/mol. The number of hydrogen-bond acceptors (Lipinski definition) is 4. The zero-order chi connectivity index (χ0) is 15.7. The van der Waals surface area contributed by atoms with Gasteiger partial charge in [-0.15, -0.1) is 0 Å². The normalized spacial score (nSPS) is 10.7. The standard InChI is InChI=1S/C15H11BrClN3O2/c1-22-15(21)10-4-5-20-8-18-7-13(20)14(10)19-12-3-2-9(16)6-11(12)17/h2-8,19H,1H3. The van der Waals surface area contributed by atoms with Gasteiger partial charge in [-0.3, -0.25) is 0 Å². The lowest BCUT2D eigenvalue weighted by atomic mass is 10.2. The van der Waals surface area contributed by atoms with Gasteiger partial charge in [-0.25, -0.2) is 9.78 Å². The molecule has 0 atom stereocenters. The molecule has 22 heavy (non-hydrogen) atoms. The van der Waals surface area contributed by atoms with Crippen molar-refractivity contribution in [3.8, 4) is 0 Å². The van der Waals surface area contributed by atoms with Gasteiger partial charge in [0, 0.05) is 10.7 Å². The minimum absolute atomic E-state index is 0.412. The molecule has 0 spiro atoms. The second kappa shape index (κ2) is 5.98. The molecule has 2 heterocycles. The number of anilines is 2. The molecule has 0 fully saturated rings. The quantitative estimate of drug-likeness (QED) is 0.689. The topological polar surface area (TPSA) is 55.6 Å². The van der Waals surface area contributed by atoms with E-state index in [4.69, 9.17) is 16.3 Å². The summed E-state index contributed by atoms with van der Waals surface area (Å²) in [6, 6.07) is 7.14. The molecule has 5 nitrogen and oxygen atoms in total. The van der Waals surface area contributed by atoms with Crippen LogP contribution in [0.4, 0.5) is 11.4 Å². The van der Waals surface area contributed by atoms with Gasteiger partial charge < -0.3 is 14.5 Å². The molecule has 1 aromatic carbocycles. The summed E-state index contributed by atoms with van der Waals surface area (Å²) in [6.45, 7) is 0. The van der Waals surface area contributed by atoms with Crippen LogP contribution in [-0.4, -0.2) is 22.5 Å². The second-order valence-corrected chi connectivity index (χ2v) is 5.85. The Kier molecular flexibility index (Phi) is 4.04. The predicted octanol–water partition coefficient (Wildman–Crippen LogP) is 4.28. The van der Waals surface area contributed by atoms with Crippen LogP contribution in [0.5, 0.6) is 0 Å². The third-order valence-electron chi connectivity index (χ3n) is 3.19. The maximum atomic E-state index is 12.0. The van der Waals surface area contributed by atoms with E-state index in [2.05, 4.69) is 26.2 Å². The van der Waals surface area contributed by atoms with Gasteiger partial charge in [0.25, 0.3) is 0 Å². The number of methoxy groups -OCH3 is 1. The molecular formula is C15H11BrClN3O2. The third kappa shape index (κ3) is 2.67. The number of esters is 1. The maximum Gasteiger partial charge on any atom is 0.340 e. The Balaban J connectivity index is 2.15. The molecule has 0 radical (unpaired) electrons. The Morgan fingerprint density at radius 3 is 2.95 bits per heavy atom. The monoisotopic (exact) mass is 379 g/mol. The molecule has 0 amide bonds. The average Bonchev–Trinajstić information content (AvgIpc) is 2.98. The Labute approximate surface area is 140 Å². The van der Waals surface area contributed by atoms with Crippen molar-refractivity contribution in [3.05, 3.63) is 58.0 Å². The summed E-state index contributed by atoms with van der Waals surface area (Å²) in [5, 5.41) is 3.73. The zero-order valence-electron chi connectivity index (χ0n) is 11.5. The van der Waals surface area contributed by atoms with Crippen molar-refractivity contribution < 1.29 is 9.53 Å². The molecular weight excluding hydrogens is 370 g/mol. The van der Waals surface area contributed by atoms with Gasteiger partial charge in [0.15, 0.2) is 0 Å². The van der Waals surface area contributed by atoms with E-state index in [1.807, 2.05) is 16.5 Å². The Bertz CT molecular complexity index is 863. The molecule has 0 saturated carbocycles. The molecule has 0 unspecified atom stereocenters. The molecule has 0 bridgehead atoms.